The average molecular weight is 581 g/mol. The first kappa shape index (κ1) is 30.0. The van der Waals surface area contributed by atoms with Gasteiger partial charge in [0, 0.05) is 31.4 Å². The van der Waals surface area contributed by atoms with Gasteiger partial charge in [-0.05, 0) is 16.5 Å². The molecule has 0 aliphatic carbocycles. The van der Waals surface area contributed by atoms with E-state index in [0.717, 1.165) is 28.2 Å². The average Bonchev–Trinajstić information content (AvgIpc) is 3.32. The highest BCUT2D eigenvalue weighted by molar-refractivity contribution is 5.77. The van der Waals surface area contributed by atoms with Crippen molar-refractivity contribution < 1.29 is 19.1 Å². The lowest BCUT2D eigenvalue weighted by atomic mass is 9.84. The minimum absolute atomic E-state index is 0.00426. The molecule has 1 N–H and O–H groups in total. The van der Waals surface area contributed by atoms with Gasteiger partial charge in [-0.15, -0.1) is 0 Å². The second-order valence-corrected chi connectivity index (χ2v) is 12.0. The Morgan fingerprint density at radius 1 is 0.977 bits per heavy atom. The van der Waals surface area contributed by atoms with Gasteiger partial charge in [0.2, 0.25) is 5.91 Å². The Labute approximate surface area is 253 Å². The van der Waals surface area contributed by atoms with Crippen molar-refractivity contribution in [3.63, 3.8) is 0 Å². The number of imidazole rings is 1. The molecule has 2 heterocycles. The summed E-state index contributed by atoms with van der Waals surface area (Å²) >= 11 is 0. The zero-order valence-electron chi connectivity index (χ0n) is 25.1. The monoisotopic (exact) mass is 580 g/mol. The summed E-state index contributed by atoms with van der Waals surface area (Å²) in [4.78, 5) is 33.2. The molecule has 2 atom stereocenters. The Bertz CT molecular complexity index is 1480. The maximum absolute atomic E-state index is 13.7. The molecule has 43 heavy (non-hydrogen) atoms. The number of nitrogens with zero attached hydrogens (tertiary/aromatic N) is 3. The van der Waals surface area contributed by atoms with Crippen molar-refractivity contribution in [2.24, 2.45) is 5.41 Å². The molecule has 1 unspecified atom stereocenters. The number of ether oxygens (including phenoxy) is 2. The highest BCUT2D eigenvalue weighted by Crippen LogP contribution is 2.40. The number of hydrogen-bond acceptors (Lipinski definition) is 5. The number of alkyl carbamates (subject to hydrolysis) is 1. The zero-order valence-corrected chi connectivity index (χ0v) is 25.1. The summed E-state index contributed by atoms with van der Waals surface area (Å²) in [7, 11) is 0. The summed E-state index contributed by atoms with van der Waals surface area (Å²) in [6.07, 6.45) is 1.42. The minimum atomic E-state index is -0.521. The maximum atomic E-state index is 13.7. The topological polar surface area (TPSA) is 85.7 Å². The molecule has 4 aromatic rings. The lowest BCUT2D eigenvalue weighted by Crippen LogP contribution is -2.47. The molecule has 0 spiro atoms. The lowest BCUT2D eigenvalue weighted by Gasteiger charge is -2.40. The number of nitrogens with one attached hydrogen (secondary N) is 1. The molecular weight excluding hydrogens is 540 g/mol. The molecule has 1 aliphatic heterocycles. The van der Waals surface area contributed by atoms with Crippen LogP contribution in [-0.4, -0.2) is 52.3 Å². The van der Waals surface area contributed by atoms with Crippen molar-refractivity contribution in [1.82, 2.24) is 19.8 Å². The van der Waals surface area contributed by atoms with Crippen molar-refractivity contribution in [3.8, 4) is 11.3 Å². The van der Waals surface area contributed by atoms with Crippen LogP contribution >= 0.6 is 0 Å². The molecule has 8 heteroatoms. The maximum Gasteiger partial charge on any atom is 0.407 e. The third-order valence-electron chi connectivity index (χ3n) is 7.53. The molecule has 0 bridgehead atoms. The van der Waals surface area contributed by atoms with Crippen LogP contribution in [-0.2, 0) is 27.4 Å². The Morgan fingerprint density at radius 2 is 1.60 bits per heavy atom. The highest BCUT2D eigenvalue weighted by atomic mass is 16.5. The van der Waals surface area contributed by atoms with Gasteiger partial charge >= 0.3 is 6.09 Å². The summed E-state index contributed by atoms with van der Waals surface area (Å²) in [5.74, 6) is 0.823. The van der Waals surface area contributed by atoms with Gasteiger partial charge in [0.1, 0.15) is 12.4 Å². The quantitative estimate of drug-likeness (QED) is 0.254. The molecule has 2 amide bonds. The van der Waals surface area contributed by atoms with Crippen molar-refractivity contribution in [3.05, 3.63) is 114 Å². The van der Waals surface area contributed by atoms with Gasteiger partial charge < -0.3 is 24.3 Å². The van der Waals surface area contributed by atoms with Crippen LogP contribution in [0.4, 0.5) is 4.79 Å². The third kappa shape index (κ3) is 7.90. The van der Waals surface area contributed by atoms with Crippen LogP contribution in [0, 0.1) is 5.41 Å². The smallest absolute Gasteiger partial charge is 0.407 e. The number of rotatable bonds is 9. The van der Waals surface area contributed by atoms with E-state index in [4.69, 9.17) is 14.5 Å². The molecular formula is C35H40N4O4. The molecule has 0 saturated carbocycles. The van der Waals surface area contributed by atoms with Crippen LogP contribution in [0.5, 0.6) is 0 Å². The first-order valence-corrected chi connectivity index (χ1v) is 14.8. The van der Waals surface area contributed by atoms with Crippen LogP contribution in [0.1, 0.15) is 50.2 Å². The standard InChI is InChI=1S/C35H40N4O4/c1-35(2,3)32(33-37-30(28-17-11-6-12-18-28)24-38(33)22-26-13-7-4-8-14-26)39-23-29(42-20-19-31(39)40)21-36-34(41)43-25-27-15-9-5-10-16-27/h4-18,24,29,32H,19-23,25H2,1-3H3,(H,36,41)/t29?,32-/m0/s1. The van der Waals surface area contributed by atoms with Gasteiger partial charge in [0.05, 0.1) is 30.9 Å². The fourth-order valence-electron chi connectivity index (χ4n) is 5.47. The minimum Gasteiger partial charge on any atom is -0.445 e. The molecule has 224 valence electrons. The number of aromatic nitrogens is 2. The summed E-state index contributed by atoms with van der Waals surface area (Å²) < 4.78 is 13.6. The van der Waals surface area contributed by atoms with E-state index in [-0.39, 0.29) is 43.5 Å². The molecule has 3 aromatic carbocycles. The predicted octanol–water partition coefficient (Wildman–Crippen LogP) is 6.23. The van der Waals surface area contributed by atoms with Gasteiger partial charge in [-0.3, -0.25) is 4.79 Å². The van der Waals surface area contributed by atoms with Crippen molar-refractivity contribution in [2.45, 2.75) is 52.5 Å². The summed E-state index contributed by atoms with van der Waals surface area (Å²) in [6, 6.07) is 29.6. The summed E-state index contributed by atoms with van der Waals surface area (Å²) in [5, 5.41) is 2.83. The predicted molar refractivity (Wildman–Crippen MR) is 166 cm³/mol. The molecule has 8 nitrogen and oxygen atoms in total. The van der Waals surface area contributed by atoms with E-state index >= 15 is 0 Å². The van der Waals surface area contributed by atoms with E-state index in [2.05, 4.69) is 61.1 Å². The first-order valence-electron chi connectivity index (χ1n) is 14.8. The van der Waals surface area contributed by atoms with Gasteiger partial charge in [-0.25, -0.2) is 9.78 Å². The highest BCUT2D eigenvalue weighted by Gasteiger charge is 2.40. The van der Waals surface area contributed by atoms with Crippen molar-refractivity contribution in [1.29, 1.82) is 0 Å². The second-order valence-electron chi connectivity index (χ2n) is 12.0. The van der Waals surface area contributed by atoms with Crippen LogP contribution in [0.25, 0.3) is 11.3 Å². The van der Waals surface area contributed by atoms with Crippen molar-refractivity contribution in [2.75, 3.05) is 19.7 Å². The lowest BCUT2D eigenvalue weighted by molar-refractivity contribution is -0.136. The molecule has 5 rings (SSSR count). The Hall–Kier alpha value is -4.43. The number of hydrogen-bond donors (Lipinski definition) is 1. The summed E-state index contributed by atoms with van der Waals surface area (Å²) in [6.45, 7) is 8.03. The van der Waals surface area contributed by atoms with Crippen LogP contribution in [0.2, 0.25) is 0 Å². The van der Waals surface area contributed by atoms with Gasteiger partial charge in [-0.1, -0.05) is 112 Å². The fraction of sp³-hybridized carbons (Fsp3) is 0.343. The zero-order chi connectivity index (χ0) is 30.2. The van der Waals surface area contributed by atoms with Gasteiger partial charge in [0.15, 0.2) is 0 Å². The SMILES string of the molecule is CC(C)(C)[C@H](c1nc(-c2ccccc2)cn1Cc1ccccc1)N1CC(CNC(=O)OCc2ccccc2)OCCC1=O. The van der Waals surface area contributed by atoms with E-state index in [9.17, 15) is 9.59 Å². The van der Waals surface area contributed by atoms with Crippen LogP contribution < -0.4 is 5.32 Å². The third-order valence-corrected chi connectivity index (χ3v) is 7.53. The van der Waals surface area contributed by atoms with E-state index in [1.165, 1.54) is 0 Å². The van der Waals surface area contributed by atoms with E-state index in [1.54, 1.807) is 0 Å². The Morgan fingerprint density at radius 3 is 2.26 bits per heavy atom. The number of benzene rings is 3. The molecule has 1 aliphatic rings. The number of amides is 2. The van der Waals surface area contributed by atoms with E-state index < -0.39 is 12.2 Å². The van der Waals surface area contributed by atoms with Gasteiger partial charge in [0.25, 0.3) is 0 Å². The molecule has 1 saturated heterocycles. The van der Waals surface area contributed by atoms with Crippen LogP contribution in [0.15, 0.2) is 97.2 Å². The molecule has 1 fully saturated rings. The number of carbonyl (C=O) groups excluding carboxylic acids is 2. The van der Waals surface area contributed by atoms with Gasteiger partial charge in [-0.2, -0.15) is 0 Å². The molecule has 1 aromatic heterocycles. The Kier molecular flexibility index (Phi) is 9.57. The first-order chi connectivity index (χ1) is 20.8. The largest absolute Gasteiger partial charge is 0.445 e. The Balaban J connectivity index is 1.39. The second kappa shape index (κ2) is 13.7. The van der Waals surface area contributed by atoms with Crippen molar-refractivity contribution >= 4 is 12.0 Å². The molecule has 0 radical (unpaired) electrons. The number of carbonyl (C=O) groups is 2. The summed E-state index contributed by atoms with van der Waals surface area (Å²) in [5.41, 5.74) is 3.59. The van der Waals surface area contributed by atoms with E-state index in [1.807, 2.05) is 71.6 Å². The normalized spacial score (nSPS) is 16.4. The van der Waals surface area contributed by atoms with E-state index in [0.29, 0.717) is 13.1 Å². The van der Waals surface area contributed by atoms with Crippen LogP contribution in [0.3, 0.4) is 0 Å². The fourth-order valence-corrected chi connectivity index (χ4v) is 5.47.